The zero-order valence-corrected chi connectivity index (χ0v) is 14.9. The Kier molecular flexibility index (Phi) is 6.01. The standard InChI is InChI=1S/C20H22F3N3O/c21-20(22,23)17-7-4-8-18(13-17)24-14-19(27)26-11-9-25(10-12-26)15-16-5-2-1-3-6-16/h1-8,13,24H,9-12,14-15H2. The van der Waals surface area contributed by atoms with E-state index >= 15 is 0 Å². The predicted octanol–water partition coefficient (Wildman–Crippen LogP) is 3.46. The van der Waals surface area contributed by atoms with Gasteiger partial charge in [-0.2, -0.15) is 13.2 Å². The highest BCUT2D eigenvalue weighted by atomic mass is 19.4. The molecule has 0 aliphatic carbocycles. The van der Waals surface area contributed by atoms with Crippen LogP contribution in [0.3, 0.4) is 0 Å². The summed E-state index contributed by atoms with van der Waals surface area (Å²) >= 11 is 0. The number of amides is 1. The van der Waals surface area contributed by atoms with Crippen LogP contribution in [0.1, 0.15) is 11.1 Å². The second-order valence-electron chi connectivity index (χ2n) is 6.57. The number of hydrogen-bond donors (Lipinski definition) is 1. The monoisotopic (exact) mass is 377 g/mol. The minimum absolute atomic E-state index is 0.0139. The zero-order chi connectivity index (χ0) is 19.3. The van der Waals surface area contributed by atoms with Gasteiger partial charge in [0.05, 0.1) is 12.1 Å². The normalized spacial score (nSPS) is 15.6. The molecule has 1 saturated heterocycles. The average Bonchev–Trinajstić information content (AvgIpc) is 2.67. The van der Waals surface area contributed by atoms with E-state index in [4.69, 9.17) is 0 Å². The van der Waals surface area contributed by atoms with Crippen molar-refractivity contribution in [2.75, 3.05) is 38.0 Å². The summed E-state index contributed by atoms with van der Waals surface area (Å²) in [7, 11) is 0. The van der Waals surface area contributed by atoms with Gasteiger partial charge in [0.15, 0.2) is 0 Å². The van der Waals surface area contributed by atoms with E-state index in [1.807, 2.05) is 18.2 Å². The summed E-state index contributed by atoms with van der Waals surface area (Å²) in [6.07, 6.45) is -4.39. The summed E-state index contributed by atoms with van der Waals surface area (Å²) < 4.78 is 38.2. The van der Waals surface area contributed by atoms with Gasteiger partial charge < -0.3 is 10.2 Å². The van der Waals surface area contributed by atoms with Crippen LogP contribution in [0.4, 0.5) is 18.9 Å². The van der Waals surface area contributed by atoms with Crippen LogP contribution < -0.4 is 5.32 Å². The number of halogens is 3. The van der Waals surface area contributed by atoms with Gasteiger partial charge >= 0.3 is 6.18 Å². The molecular formula is C20H22F3N3O. The minimum Gasteiger partial charge on any atom is -0.376 e. The lowest BCUT2D eigenvalue weighted by atomic mass is 10.2. The fourth-order valence-electron chi connectivity index (χ4n) is 3.09. The molecule has 1 aliphatic heterocycles. The number of piperazine rings is 1. The maximum atomic E-state index is 12.7. The van der Waals surface area contributed by atoms with E-state index in [9.17, 15) is 18.0 Å². The minimum atomic E-state index is -4.39. The Morgan fingerprint density at radius 1 is 0.963 bits per heavy atom. The summed E-state index contributed by atoms with van der Waals surface area (Å²) in [5.41, 5.74) is 0.804. The molecule has 1 heterocycles. The topological polar surface area (TPSA) is 35.6 Å². The maximum Gasteiger partial charge on any atom is 0.416 e. The van der Waals surface area contributed by atoms with E-state index in [0.717, 1.165) is 31.8 Å². The van der Waals surface area contributed by atoms with Gasteiger partial charge in [-0.15, -0.1) is 0 Å². The lowest BCUT2D eigenvalue weighted by molar-refractivity contribution is -0.137. The third kappa shape index (κ3) is 5.47. The van der Waals surface area contributed by atoms with Gasteiger partial charge in [-0.05, 0) is 23.8 Å². The molecule has 0 atom stereocenters. The van der Waals surface area contributed by atoms with Crippen molar-refractivity contribution in [1.29, 1.82) is 0 Å². The van der Waals surface area contributed by atoms with Crippen molar-refractivity contribution >= 4 is 11.6 Å². The largest absolute Gasteiger partial charge is 0.416 e. The molecule has 0 saturated carbocycles. The van der Waals surface area contributed by atoms with Crippen molar-refractivity contribution in [1.82, 2.24) is 9.80 Å². The van der Waals surface area contributed by atoms with Crippen molar-refractivity contribution in [2.24, 2.45) is 0 Å². The van der Waals surface area contributed by atoms with Crippen molar-refractivity contribution < 1.29 is 18.0 Å². The Morgan fingerprint density at radius 3 is 2.33 bits per heavy atom. The molecule has 1 fully saturated rings. The van der Waals surface area contributed by atoms with Crippen LogP contribution in [-0.4, -0.2) is 48.4 Å². The van der Waals surface area contributed by atoms with Crippen LogP contribution in [0.25, 0.3) is 0 Å². The first kappa shape index (κ1) is 19.2. The smallest absolute Gasteiger partial charge is 0.376 e. The van der Waals surface area contributed by atoms with Gasteiger partial charge in [0.2, 0.25) is 5.91 Å². The van der Waals surface area contributed by atoms with Crippen molar-refractivity contribution in [2.45, 2.75) is 12.7 Å². The fraction of sp³-hybridized carbons (Fsp3) is 0.350. The van der Waals surface area contributed by atoms with Crippen molar-refractivity contribution in [3.05, 3.63) is 65.7 Å². The molecule has 27 heavy (non-hydrogen) atoms. The van der Waals surface area contributed by atoms with E-state index in [-0.39, 0.29) is 12.5 Å². The number of carbonyl (C=O) groups excluding carboxylic acids is 1. The number of carbonyl (C=O) groups is 1. The molecule has 0 radical (unpaired) electrons. The number of alkyl halides is 3. The van der Waals surface area contributed by atoms with E-state index in [1.54, 1.807) is 4.90 Å². The second kappa shape index (κ2) is 8.43. The van der Waals surface area contributed by atoms with Crippen molar-refractivity contribution in [3.8, 4) is 0 Å². The molecule has 0 unspecified atom stereocenters. The quantitative estimate of drug-likeness (QED) is 0.867. The first-order valence-corrected chi connectivity index (χ1v) is 8.87. The number of anilines is 1. The second-order valence-corrected chi connectivity index (χ2v) is 6.57. The maximum absolute atomic E-state index is 12.7. The number of hydrogen-bond acceptors (Lipinski definition) is 3. The summed E-state index contributed by atoms with van der Waals surface area (Å²) in [5.74, 6) is -0.105. The van der Waals surface area contributed by atoms with Gasteiger partial charge in [0.1, 0.15) is 0 Å². The van der Waals surface area contributed by atoms with Crippen molar-refractivity contribution in [3.63, 3.8) is 0 Å². The van der Waals surface area contributed by atoms with Crippen LogP contribution in [-0.2, 0) is 17.5 Å². The molecule has 2 aromatic rings. The van der Waals surface area contributed by atoms with Gasteiger partial charge in [-0.25, -0.2) is 0 Å². The molecule has 7 heteroatoms. The number of benzene rings is 2. The first-order valence-electron chi connectivity index (χ1n) is 8.87. The van der Waals surface area contributed by atoms with Gasteiger partial charge in [-0.3, -0.25) is 9.69 Å². The highest BCUT2D eigenvalue weighted by Gasteiger charge is 2.30. The molecule has 0 aromatic heterocycles. The van der Waals surface area contributed by atoms with E-state index < -0.39 is 11.7 Å². The number of nitrogens with one attached hydrogen (secondary N) is 1. The molecule has 2 aromatic carbocycles. The Balaban J connectivity index is 1.46. The molecule has 1 aliphatic rings. The Morgan fingerprint density at radius 2 is 1.67 bits per heavy atom. The third-order valence-corrected chi connectivity index (χ3v) is 4.61. The lowest BCUT2D eigenvalue weighted by Crippen LogP contribution is -2.49. The molecule has 144 valence electrons. The SMILES string of the molecule is O=C(CNc1cccc(C(F)(F)F)c1)N1CCN(Cc2ccccc2)CC1. The molecule has 4 nitrogen and oxygen atoms in total. The molecule has 0 spiro atoms. The zero-order valence-electron chi connectivity index (χ0n) is 14.9. The van der Waals surface area contributed by atoms with Gasteiger partial charge in [0.25, 0.3) is 0 Å². The third-order valence-electron chi connectivity index (χ3n) is 4.61. The first-order chi connectivity index (χ1) is 12.9. The van der Waals surface area contributed by atoms with Crippen LogP contribution in [0.2, 0.25) is 0 Å². The summed E-state index contributed by atoms with van der Waals surface area (Å²) in [4.78, 5) is 16.4. The summed E-state index contributed by atoms with van der Waals surface area (Å²) in [6.45, 7) is 3.64. The van der Waals surface area contributed by atoms with Crippen LogP contribution in [0.15, 0.2) is 54.6 Å². The molecule has 0 bridgehead atoms. The number of rotatable bonds is 5. The fourth-order valence-corrected chi connectivity index (χ4v) is 3.09. The van der Waals surface area contributed by atoms with E-state index in [2.05, 4.69) is 22.3 Å². The van der Waals surface area contributed by atoms with Gasteiger partial charge in [0, 0.05) is 38.4 Å². The van der Waals surface area contributed by atoms with E-state index in [1.165, 1.54) is 17.7 Å². The average molecular weight is 377 g/mol. The molecule has 1 amide bonds. The Hall–Kier alpha value is -2.54. The molecular weight excluding hydrogens is 355 g/mol. The van der Waals surface area contributed by atoms with Crippen LogP contribution in [0.5, 0.6) is 0 Å². The summed E-state index contributed by atoms with van der Waals surface area (Å²) in [6, 6.07) is 15.1. The molecule has 1 N–H and O–H groups in total. The van der Waals surface area contributed by atoms with Crippen LogP contribution in [0, 0.1) is 0 Å². The lowest BCUT2D eigenvalue weighted by Gasteiger charge is -2.34. The van der Waals surface area contributed by atoms with E-state index in [0.29, 0.717) is 18.8 Å². The Bertz CT molecular complexity index is 757. The summed E-state index contributed by atoms with van der Waals surface area (Å²) in [5, 5.41) is 2.80. The predicted molar refractivity (Wildman–Crippen MR) is 98.2 cm³/mol. The van der Waals surface area contributed by atoms with Gasteiger partial charge in [-0.1, -0.05) is 36.4 Å². The highest BCUT2D eigenvalue weighted by molar-refractivity contribution is 5.81. The number of nitrogens with zero attached hydrogens (tertiary/aromatic N) is 2. The molecule has 3 rings (SSSR count). The van der Waals surface area contributed by atoms with Crippen LogP contribution >= 0.6 is 0 Å². The highest BCUT2D eigenvalue weighted by Crippen LogP contribution is 2.30. The Labute approximate surface area is 156 Å².